The summed E-state index contributed by atoms with van der Waals surface area (Å²) in [6.45, 7) is 1.69. The summed E-state index contributed by atoms with van der Waals surface area (Å²) < 4.78 is 7.30. The Morgan fingerprint density at radius 3 is 3.18 bits per heavy atom. The second kappa shape index (κ2) is 2.66. The van der Waals surface area contributed by atoms with E-state index in [0.717, 1.165) is 26.1 Å². The second-order valence-corrected chi connectivity index (χ2v) is 2.85. The van der Waals surface area contributed by atoms with Crippen LogP contribution in [0, 0.1) is 0 Å². The molecule has 2 rings (SSSR count). The average Bonchev–Trinajstić information content (AvgIpc) is 2.25. The average molecular weight is 152 g/mol. The molecule has 0 fully saturated rings. The molecule has 0 bridgehead atoms. The first-order valence-electron chi connectivity index (χ1n) is 3.95. The Hall–Kier alpha value is -0.830. The van der Waals surface area contributed by atoms with Gasteiger partial charge in [-0.25, -0.2) is 0 Å². The largest absolute Gasteiger partial charge is 0.381 e. The molecular formula is C8H12N2O. The van der Waals surface area contributed by atoms with Crippen molar-refractivity contribution in [1.29, 1.82) is 0 Å². The zero-order chi connectivity index (χ0) is 7.68. The topological polar surface area (TPSA) is 27.1 Å². The van der Waals surface area contributed by atoms with Crippen molar-refractivity contribution in [2.45, 2.75) is 12.8 Å². The van der Waals surface area contributed by atoms with Gasteiger partial charge >= 0.3 is 0 Å². The molecule has 0 saturated carbocycles. The highest BCUT2D eigenvalue weighted by Gasteiger charge is 2.11. The van der Waals surface area contributed by atoms with Gasteiger partial charge in [-0.1, -0.05) is 0 Å². The highest BCUT2D eigenvalue weighted by molar-refractivity contribution is 5.18. The third-order valence-electron chi connectivity index (χ3n) is 2.15. The van der Waals surface area contributed by atoms with E-state index < -0.39 is 0 Å². The van der Waals surface area contributed by atoms with E-state index in [0.29, 0.717) is 0 Å². The molecule has 1 aromatic rings. The number of ether oxygens (including phenoxy) is 1. The van der Waals surface area contributed by atoms with Crippen molar-refractivity contribution in [3.05, 3.63) is 17.5 Å². The smallest absolute Gasteiger partial charge is 0.0525 e. The van der Waals surface area contributed by atoms with E-state index in [-0.39, 0.29) is 0 Å². The van der Waals surface area contributed by atoms with Gasteiger partial charge in [0.25, 0.3) is 0 Å². The highest BCUT2D eigenvalue weighted by Crippen LogP contribution is 2.12. The van der Waals surface area contributed by atoms with Crippen LogP contribution in [-0.4, -0.2) is 23.0 Å². The number of fused-ring (bicyclic) bond motifs is 1. The predicted octanol–water partition coefficient (Wildman–Crippen LogP) is 0.535. The lowest BCUT2D eigenvalue weighted by molar-refractivity contribution is 0.145. The van der Waals surface area contributed by atoms with E-state index in [1.807, 2.05) is 17.9 Å². The van der Waals surface area contributed by atoms with Gasteiger partial charge in [0.05, 0.1) is 19.4 Å². The Morgan fingerprint density at radius 1 is 1.45 bits per heavy atom. The molecule has 0 amide bonds. The fourth-order valence-electron chi connectivity index (χ4n) is 1.49. The van der Waals surface area contributed by atoms with Gasteiger partial charge in [0.2, 0.25) is 0 Å². The number of rotatable bonds is 0. The normalized spacial score (nSPS) is 17.5. The summed E-state index contributed by atoms with van der Waals surface area (Å²) in [5.41, 5.74) is 2.69. The zero-order valence-electron chi connectivity index (χ0n) is 6.71. The highest BCUT2D eigenvalue weighted by atomic mass is 16.5. The lowest BCUT2D eigenvalue weighted by Crippen LogP contribution is -2.01. The minimum atomic E-state index is 0.840. The molecule has 1 aliphatic rings. The van der Waals surface area contributed by atoms with Gasteiger partial charge in [-0.05, 0) is 12.0 Å². The molecule has 0 radical (unpaired) electrons. The van der Waals surface area contributed by atoms with Crippen molar-refractivity contribution in [3.63, 3.8) is 0 Å². The van der Waals surface area contributed by atoms with E-state index in [9.17, 15) is 0 Å². The first-order chi connectivity index (χ1) is 5.38. The minimum Gasteiger partial charge on any atom is -0.381 e. The van der Waals surface area contributed by atoms with Gasteiger partial charge in [0, 0.05) is 19.2 Å². The third-order valence-corrected chi connectivity index (χ3v) is 2.15. The Labute approximate surface area is 66.0 Å². The number of hydrogen-bond donors (Lipinski definition) is 0. The molecule has 0 saturated heterocycles. The number of aryl methyl sites for hydroxylation is 1. The van der Waals surface area contributed by atoms with Crippen molar-refractivity contribution in [3.8, 4) is 0 Å². The summed E-state index contributed by atoms with van der Waals surface area (Å²) in [7, 11) is 1.99. The Balaban J connectivity index is 2.35. The Bertz CT molecular complexity index is 255. The maximum Gasteiger partial charge on any atom is 0.0525 e. The van der Waals surface area contributed by atoms with Crippen LogP contribution in [0.15, 0.2) is 6.20 Å². The van der Waals surface area contributed by atoms with Crippen LogP contribution in [0.5, 0.6) is 0 Å². The quantitative estimate of drug-likeness (QED) is 0.542. The van der Waals surface area contributed by atoms with Crippen LogP contribution in [0.1, 0.15) is 11.3 Å². The monoisotopic (exact) mass is 152 g/mol. The van der Waals surface area contributed by atoms with Gasteiger partial charge in [-0.15, -0.1) is 0 Å². The zero-order valence-corrected chi connectivity index (χ0v) is 6.71. The van der Waals surface area contributed by atoms with Gasteiger partial charge in [-0.3, -0.25) is 4.68 Å². The van der Waals surface area contributed by atoms with Crippen molar-refractivity contribution >= 4 is 0 Å². The molecule has 3 nitrogen and oxygen atoms in total. The Kier molecular flexibility index (Phi) is 1.66. The number of nitrogens with zero attached hydrogens (tertiary/aromatic N) is 2. The molecule has 0 spiro atoms. The van der Waals surface area contributed by atoms with Crippen LogP contribution in [-0.2, 0) is 24.6 Å². The molecule has 0 N–H and O–H groups in total. The number of aromatic nitrogens is 2. The standard InChI is InChI=1S/C8H12N2O/c1-10-8-3-5-11-4-2-7(8)6-9-10/h6H,2-5H2,1H3. The molecule has 0 aromatic carbocycles. The van der Waals surface area contributed by atoms with Crippen molar-refractivity contribution in [2.24, 2.45) is 7.05 Å². The SMILES string of the molecule is Cn1ncc2c1CCOCC2. The summed E-state index contributed by atoms with van der Waals surface area (Å²) in [6, 6.07) is 0. The molecule has 0 atom stereocenters. The second-order valence-electron chi connectivity index (χ2n) is 2.85. The van der Waals surface area contributed by atoms with Crippen molar-refractivity contribution in [2.75, 3.05) is 13.2 Å². The lowest BCUT2D eigenvalue weighted by atomic mass is 10.2. The van der Waals surface area contributed by atoms with Crippen molar-refractivity contribution in [1.82, 2.24) is 9.78 Å². The van der Waals surface area contributed by atoms with Crippen LogP contribution in [0.25, 0.3) is 0 Å². The fraction of sp³-hybridized carbons (Fsp3) is 0.625. The van der Waals surface area contributed by atoms with E-state index >= 15 is 0 Å². The van der Waals surface area contributed by atoms with Gasteiger partial charge in [-0.2, -0.15) is 5.10 Å². The van der Waals surface area contributed by atoms with Crippen LogP contribution >= 0.6 is 0 Å². The fourth-order valence-corrected chi connectivity index (χ4v) is 1.49. The molecule has 60 valence electrons. The first kappa shape index (κ1) is 6.85. The minimum absolute atomic E-state index is 0.840. The van der Waals surface area contributed by atoms with Crippen LogP contribution in [0.2, 0.25) is 0 Å². The molecule has 2 heterocycles. The molecule has 1 aromatic heterocycles. The molecule has 0 unspecified atom stereocenters. The summed E-state index contributed by atoms with van der Waals surface area (Å²) >= 11 is 0. The van der Waals surface area contributed by atoms with Crippen LogP contribution < -0.4 is 0 Å². The van der Waals surface area contributed by atoms with Crippen LogP contribution in [0.3, 0.4) is 0 Å². The molecule has 1 aliphatic heterocycles. The molecular weight excluding hydrogens is 140 g/mol. The van der Waals surface area contributed by atoms with E-state index in [1.54, 1.807) is 0 Å². The summed E-state index contributed by atoms with van der Waals surface area (Å²) in [5, 5.41) is 4.20. The maximum absolute atomic E-state index is 5.35. The molecule has 3 heteroatoms. The predicted molar refractivity (Wildman–Crippen MR) is 41.4 cm³/mol. The van der Waals surface area contributed by atoms with E-state index in [4.69, 9.17) is 4.74 Å². The number of hydrogen-bond acceptors (Lipinski definition) is 2. The third kappa shape index (κ3) is 1.16. The molecule has 11 heavy (non-hydrogen) atoms. The van der Waals surface area contributed by atoms with Gasteiger partial charge in [0.15, 0.2) is 0 Å². The van der Waals surface area contributed by atoms with Gasteiger partial charge in [0.1, 0.15) is 0 Å². The van der Waals surface area contributed by atoms with E-state index in [1.165, 1.54) is 11.3 Å². The van der Waals surface area contributed by atoms with Crippen molar-refractivity contribution < 1.29 is 4.74 Å². The van der Waals surface area contributed by atoms with Gasteiger partial charge < -0.3 is 4.74 Å². The van der Waals surface area contributed by atoms with Crippen LogP contribution in [0.4, 0.5) is 0 Å². The maximum atomic E-state index is 5.35. The van der Waals surface area contributed by atoms with E-state index in [2.05, 4.69) is 5.10 Å². The Morgan fingerprint density at radius 2 is 2.27 bits per heavy atom. The lowest BCUT2D eigenvalue weighted by Gasteiger charge is -1.98. The molecule has 0 aliphatic carbocycles. The summed E-state index contributed by atoms with van der Waals surface area (Å²) in [6.07, 6.45) is 3.97. The summed E-state index contributed by atoms with van der Waals surface area (Å²) in [4.78, 5) is 0. The summed E-state index contributed by atoms with van der Waals surface area (Å²) in [5.74, 6) is 0. The first-order valence-corrected chi connectivity index (χ1v) is 3.95.